The number of Topliss-reactive ketones (excluding diaryl/α,β-unsaturated/α-hetero) is 1. The fraction of sp³-hybridized carbons (Fsp3) is 0.400. The number of hydrogen-bond acceptors (Lipinski definition) is 5. The second-order valence-corrected chi connectivity index (χ2v) is 8.62. The smallest absolute Gasteiger partial charge is 0.306 e. The van der Waals surface area contributed by atoms with Crippen molar-refractivity contribution in [2.75, 3.05) is 19.0 Å². The fourth-order valence-electron chi connectivity index (χ4n) is 3.06. The van der Waals surface area contributed by atoms with E-state index in [0.717, 1.165) is 16.7 Å². The first-order chi connectivity index (χ1) is 14.5. The van der Waals surface area contributed by atoms with E-state index in [4.69, 9.17) is 9.47 Å². The van der Waals surface area contributed by atoms with Gasteiger partial charge in [0.15, 0.2) is 12.4 Å². The first kappa shape index (κ1) is 24.1. The Morgan fingerprint density at radius 3 is 2.32 bits per heavy atom. The Morgan fingerprint density at radius 2 is 1.68 bits per heavy atom. The van der Waals surface area contributed by atoms with Crippen LogP contribution in [0.5, 0.6) is 5.75 Å². The van der Waals surface area contributed by atoms with Crippen LogP contribution in [0.15, 0.2) is 36.4 Å². The topological polar surface area (TPSA) is 81.7 Å². The van der Waals surface area contributed by atoms with Gasteiger partial charge in [0.2, 0.25) is 0 Å². The summed E-state index contributed by atoms with van der Waals surface area (Å²) in [5, 5.41) is 2.73. The van der Waals surface area contributed by atoms with Gasteiger partial charge in [0.05, 0.1) is 19.2 Å². The highest BCUT2D eigenvalue weighted by Gasteiger charge is 2.18. The van der Waals surface area contributed by atoms with Crippen molar-refractivity contribution in [3.05, 3.63) is 58.7 Å². The number of ketones is 1. The van der Waals surface area contributed by atoms with Gasteiger partial charge < -0.3 is 14.8 Å². The monoisotopic (exact) mass is 425 g/mol. The van der Waals surface area contributed by atoms with E-state index in [-0.39, 0.29) is 24.0 Å². The average molecular weight is 426 g/mol. The number of esters is 1. The standard InChI is InChI=1S/C25H31NO5/c1-16-7-8-17(2)19(13-16)21(27)10-12-24(29)31-15-23(28)26-20-14-18(25(3,4)5)9-11-22(20)30-6/h7-9,11,13-14H,10,12,15H2,1-6H3,(H,26,28). The van der Waals surface area contributed by atoms with Crippen LogP contribution in [0.1, 0.15) is 60.7 Å². The molecule has 0 heterocycles. The Morgan fingerprint density at radius 1 is 0.968 bits per heavy atom. The maximum absolute atomic E-state index is 12.4. The Labute approximate surface area is 183 Å². The molecule has 2 aromatic rings. The minimum atomic E-state index is -0.593. The molecule has 0 radical (unpaired) electrons. The molecule has 1 N–H and O–H groups in total. The van der Waals surface area contributed by atoms with Crippen LogP contribution in [0.4, 0.5) is 5.69 Å². The number of benzene rings is 2. The highest BCUT2D eigenvalue weighted by Crippen LogP contribution is 2.31. The molecule has 0 bridgehead atoms. The Balaban J connectivity index is 1.89. The minimum absolute atomic E-state index is 0.0339. The molecule has 1 amide bonds. The van der Waals surface area contributed by atoms with Gasteiger partial charge in [0.1, 0.15) is 5.75 Å². The van der Waals surface area contributed by atoms with Crippen molar-refractivity contribution in [1.82, 2.24) is 0 Å². The summed E-state index contributed by atoms with van der Waals surface area (Å²) >= 11 is 0. The molecule has 6 heteroatoms. The van der Waals surface area contributed by atoms with Gasteiger partial charge in [-0.25, -0.2) is 0 Å². The van der Waals surface area contributed by atoms with Crippen LogP contribution in [-0.4, -0.2) is 31.4 Å². The summed E-state index contributed by atoms with van der Waals surface area (Å²) in [5.74, 6) is -0.666. The summed E-state index contributed by atoms with van der Waals surface area (Å²) in [6.07, 6.45) is -0.0471. The van der Waals surface area contributed by atoms with Gasteiger partial charge in [-0.05, 0) is 48.6 Å². The second kappa shape index (κ2) is 10.2. The predicted molar refractivity (Wildman–Crippen MR) is 121 cm³/mol. The summed E-state index contributed by atoms with van der Waals surface area (Å²) in [4.78, 5) is 36.7. The van der Waals surface area contributed by atoms with Crippen LogP contribution < -0.4 is 10.1 Å². The lowest BCUT2D eigenvalue weighted by atomic mass is 9.87. The molecule has 0 atom stereocenters. The molecular formula is C25H31NO5. The summed E-state index contributed by atoms with van der Waals surface area (Å²) < 4.78 is 10.3. The Bertz CT molecular complexity index is 972. The predicted octanol–water partition coefficient (Wildman–Crippen LogP) is 4.75. The highest BCUT2D eigenvalue weighted by molar-refractivity contribution is 5.99. The number of amides is 1. The number of carbonyl (C=O) groups is 3. The second-order valence-electron chi connectivity index (χ2n) is 8.62. The van der Waals surface area contributed by atoms with Crippen molar-refractivity contribution in [2.45, 2.75) is 52.9 Å². The zero-order chi connectivity index (χ0) is 23.2. The molecule has 31 heavy (non-hydrogen) atoms. The van der Waals surface area contributed by atoms with Crippen molar-refractivity contribution in [3.63, 3.8) is 0 Å². The molecule has 2 rings (SSSR count). The maximum Gasteiger partial charge on any atom is 0.306 e. The van der Waals surface area contributed by atoms with Gasteiger partial charge in [-0.1, -0.05) is 44.5 Å². The average Bonchev–Trinajstić information content (AvgIpc) is 2.71. The molecule has 0 saturated carbocycles. The van der Waals surface area contributed by atoms with Crippen LogP contribution >= 0.6 is 0 Å². The molecule has 0 aliphatic heterocycles. The molecule has 0 fully saturated rings. The number of methoxy groups -OCH3 is 1. The number of anilines is 1. The molecule has 166 valence electrons. The lowest BCUT2D eigenvalue weighted by molar-refractivity contribution is -0.147. The number of ether oxygens (including phenoxy) is 2. The number of nitrogens with one attached hydrogen (secondary N) is 1. The van der Waals surface area contributed by atoms with E-state index in [0.29, 0.717) is 17.0 Å². The molecule has 0 saturated heterocycles. The molecule has 0 aromatic heterocycles. The van der Waals surface area contributed by atoms with E-state index in [1.165, 1.54) is 7.11 Å². The van der Waals surface area contributed by atoms with Gasteiger partial charge in [0, 0.05) is 12.0 Å². The van der Waals surface area contributed by atoms with Crippen molar-refractivity contribution in [3.8, 4) is 5.75 Å². The number of aryl methyl sites for hydroxylation is 2. The third kappa shape index (κ3) is 6.95. The maximum atomic E-state index is 12.4. The van der Waals surface area contributed by atoms with Crippen molar-refractivity contribution >= 4 is 23.3 Å². The zero-order valence-electron chi connectivity index (χ0n) is 19.1. The van der Waals surface area contributed by atoms with Gasteiger partial charge >= 0.3 is 5.97 Å². The zero-order valence-corrected chi connectivity index (χ0v) is 19.1. The van der Waals surface area contributed by atoms with E-state index in [1.54, 1.807) is 6.07 Å². The van der Waals surface area contributed by atoms with Crippen LogP contribution in [0.2, 0.25) is 0 Å². The van der Waals surface area contributed by atoms with Gasteiger partial charge in [-0.2, -0.15) is 0 Å². The summed E-state index contributed by atoms with van der Waals surface area (Å²) in [5.41, 5.74) is 3.91. The van der Waals surface area contributed by atoms with Crippen molar-refractivity contribution in [2.24, 2.45) is 0 Å². The summed E-state index contributed by atoms with van der Waals surface area (Å²) in [6, 6.07) is 11.2. The van der Waals surface area contributed by atoms with Crippen LogP contribution in [0.25, 0.3) is 0 Å². The van der Waals surface area contributed by atoms with Gasteiger partial charge in [0.25, 0.3) is 5.91 Å². The third-order valence-electron chi connectivity index (χ3n) is 4.95. The van der Waals surface area contributed by atoms with E-state index in [2.05, 4.69) is 26.1 Å². The van der Waals surface area contributed by atoms with Gasteiger partial charge in [-0.3, -0.25) is 14.4 Å². The summed E-state index contributed by atoms with van der Waals surface area (Å²) in [6.45, 7) is 9.55. The van der Waals surface area contributed by atoms with E-state index >= 15 is 0 Å². The lowest BCUT2D eigenvalue weighted by Crippen LogP contribution is -2.22. The lowest BCUT2D eigenvalue weighted by Gasteiger charge is -2.21. The SMILES string of the molecule is COc1ccc(C(C)(C)C)cc1NC(=O)COC(=O)CCC(=O)c1cc(C)ccc1C. The van der Waals surface area contributed by atoms with Crippen LogP contribution in [0, 0.1) is 13.8 Å². The number of rotatable bonds is 8. The minimum Gasteiger partial charge on any atom is -0.495 e. The first-order valence-electron chi connectivity index (χ1n) is 10.3. The number of hydrogen-bond donors (Lipinski definition) is 1. The Kier molecular flexibility index (Phi) is 7.97. The van der Waals surface area contributed by atoms with Crippen LogP contribution in [-0.2, 0) is 19.7 Å². The fourth-order valence-corrected chi connectivity index (χ4v) is 3.06. The molecule has 0 aliphatic rings. The molecule has 2 aromatic carbocycles. The van der Waals surface area contributed by atoms with E-state index in [9.17, 15) is 14.4 Å². The highest BCUT2D eigenvalue weighted by atomic mass is 16.5. The molecule has 0 aliphatic carbocycles. The van der Waals surface area contributed by atoms with Crippen molar-refractivity contribution < 1.29 is 23.9 Å². The summed E-state index contributed by atoms with van der Waals surface area (Å²) in [7, 11) is 1.52. The van der Waals surface area contributed by atoms with E-state index in [1.807, 2.05) is 44.2 Å². The van der Waals surface area contributed by atoms with Gasteiger partial charge in [-0.15, -0.1) is 0 Å². The normalized spacial score (nSPS) is 11.0. The molecule has 6 nitrogen and oxygen atoms in total. The first-order valence-corrected chi connectivity index (χ1v) is 10.3. The Hall–Kier alpha value is -3.15. The third-order valence-corrected chi connectivity index (χ3v) is 4.95. The quantitative estimate of drug-likeness (QED) is 0.487. The number of carbonyl (C=O) groups excluding carboxylic acids is 3. The largest absolute Gasteiger partial charge is 0.495 e. The van der Waals surface area contributed by atoms with E-state index < -0.39 is 18.5 Å². The molecule has 0 unspecified atom stereocenters. The molecular weight excluding hydrogens is 394 g/mol. The molecule has 0 spiro atoms. The van der Waals surface area contributed by atoms with Crippen molar-refractivity contribution in [1.29, 1.82) is 0 Å². The van der Waals surface area contributed by atoms with Crippen LogP contribution in [0.3, 0.4) is 0 Å².